The Labute approximate surface area is 157 Å². The Morgan fingerprint density at radius 1 is 1.07 bits per heavy atom. The molecule has 3 rings (SSSR count). The van der Waals surface area contributed by atoms with Crippen LogP contribution in [0.4, 0.5) is 5.69 Å². The van der Waals surface area contributed by atoms with Gasteiger partial charge in [0.25, 0.3) is 0 Å². The molecule has 27 heavy (non-hydrogen) atoms. The molecule has 0 aliphatic rings. The number of nitrogens with zero attached hydrogens (tertiary/aromatic N) is 2. The van der Waals surface area contributed by atoms with Crippen LogP contribution in [-0.2, 0) is 18.4 Å². The molecule has 0 saturated heterocycles. The van der Waals surface area contributed by atoms with E-state index in [-0.39, 0.29) is 18.0 Å². The third-order valence-electron chi connectivity index (χ3n) is 4.62. The molecule has 2 aromatic carbocycles. The first-order valence-electron chi connectivity index (χ1n) is 8.63. The predicted molar refractivity (Wildman–Crippen MR) is 105 cm³/mol. The normalized spacial score (nSPS) is 10.8. The summed E-state index contributed by atoms with van der Waals surface area (Å²) < 4.78 is 13.8. The van der Waals surface area contributed by atoms with Crippen molar-refractivity contribution in [2.24, 2.45) is 7.05 Å². The fourth-order valence-corrected chi connectivity index (χ4v) is 3.12. The zero-order chi connectivity index (χ0) is 19.6. The number of anilines is 1. The van der Waals surface area contributed by atoms with Gasteiger partial charge < -0.3 is 14.8 Å². The van der Waals surface area contributed by atoms with E-state index < -0.39 is 0 Å². The Hall–Kier alpha value is -3.22. The lowest BCUT2D eigenvalue weighted by molar-refractivity contribution is -0.116. The molecule has 7 nitrogen and oxygen atoms in total. The summed E-state index contributed by atoms with van der Waals surface area (Å²) in [5.74, 6) is 0.976. The van der Waals surface area contributed by atoms with Crippen molar-refractivity contribution in [3.63, 3.8) is 0 Å². The van der Waals surface area contributed by atoms with Crippen LogP contribution in [0.2, 0.25) is 0 Å². The van der Waals surface area contributed by atoms with Gasteiger partial charge in [0.1, 0.15) is 0 Å². The number of ether oxygens (including phenoxy) is 2. The molecule has 0 radical (unpaired) electrons. The van der Waals surface area contributed by atoms with Crippen molar-refractivity contribution in [1.29, 1.82) is 0 Å². The first-order valence-corrected chi connectivity index (χ1v) is 8.63. The van der Waals surface area contributed by atoms with Crippen molar-refractivity contribution < 1.29 is 14.3 Å². The highest BCUT2D eigenvalue weighted by Gasteiger charge is 2.14. The zero-order valence-corrected chi connectivity index (χ0v) is 15.9. The number of rotatable bonds is 6. The second kappa shape index (κ2) is 7.57. The number of methoxy groups -OCH3 is 2. The van der Waals surface area contributed by atoms with Gasteiger partial charge in [-0.25, -0.2) is 4.79 Å². The van der Waals surface area contributed by atoms with Crippen LogP contribution in [0.3, 0.4) is 0 Å². The van der Waals surface area contributed by atoms with E-state index in [2.05, 4.69) is 5.32 Å². The fourth-order valence-electron chi connectivity index (χ4n) is 3.12. The summed E-state index contributed by atoms with van der Waals surface area (Å²) in [6, 6.07) is 11.1. The van der Waals surface area contributed by atoms with Crippen molar-refractivity contribution in [1.82, 2.24) is 9.13 Å². The van der Waals surface area contributed by atoms with Gasteiger partial charge in [0, 0.05) is 31.8 Å². The molecule has 1 N–H and O–H groups in total. The number of hydrogen-bond acceptors (Lipinski definition) is 4. The summed E-state index contributed by atoms with van der Waals surface area (Å²) in [5, 5.41) is 2.88. The number of nitrogens with one attached hydrogen (secondary N) is 1. The molecule has 0 aliphatic carbocycles. The highest BCUT2D eigenvalue weighted by atomic mass is 16.5. The maximum absolute atomic E-state index is 12.4. The maximum Gasteiger partial charge on any atom is 0.328 e. The van der Waals surface area contributed by atoms with Gasteiger partial charge in [0.15, 0.2) is 11.5 Å². The Kier molecular flexibility index (Phi) is 5.21. The number of aryl methyl sites for hydroxylation is 3. The summed E-state index contributed by atoms with van der Waals surface area (Å²) in [7, 11) is 4.84. The quantitative estimate of drug-likeness (QED) is 0.725. The molecule has 0 bridgehead atoms. The van der Waals surface area contributed by atoms with Crippen LogP contribution in [0, 0.1) is 6.92 Å². The van der Waals surface area contributed by atoms with E-state index in [9.17, 15) is 9.59 Å². The van der Waals surface area contributed by atoms with Crippen LogP contribution in [-0.4, -0.2) is 29.3 Å². The van der Waals surface area contributed by atoms with Crippen LogP contribution in [0.15, 0.2) is 41.2 Å². The summed E-state index contributed by atoms with van der Waals surface area (Å²) in [4.78, 5) is 24.9. The van der Waals surface area contributed by atoms with Crippen LogP contribution >= 0.6 is 0 Å². The first-order chi connectivity index (χ1) is 13.0. The molecule has 7 heteroatoms. The molecule has 0 aliphatic heterocycles. The van der Waals surface area contributed by atoms with E-state index in [1.165, 1.54) is 0 Å². The van der Waals surface area contributed by atoms with E-state index in [4.69, 9.17) is 9.47 Å². The number of benzene rings is 2. The SMILES string of the molecule is COc1cc(C)c(NC(=O)CCn2c(=O)n(C)c3ccccc32)cc1OC. The summed E-state index contributed by atoms with van der Waals surface area (Å²) in [6.07, 6.45) is 0.182. The average Bonchev–Trinajstić information content (AvgIpc) is 2.92. The number of carbonyl (C=O) groups excluding carboxylic acids is 1. The minimum Gasteiger partial charge on any atom is -0.493 e. The van der Waals surface area contributed by atoms with Gasteiger partial charge in [-0.1, -0.05) is 12.1 Å². The smallest absolute Gasteiger partial charge is 0.328 e. The van der Waals surface area contributed by atoms with Gasteiger partial charge >= 0.3 is 5.69 Å². The number of imidazole rings is 1. The molecule has 0 saturated carbocycles. The van der Waals surface area contributed by atoms with Gasteiger partial charge in [0.2, 0.25) is 5.91 Å². The molecule has 0 fully saturated rings. The molecule has 3 aromatic rings. The zero-order valence-electron chi connectivity index (χ0n) is 15.9. The lowest BCUT2D eigenvalue weighted by Crippen LogP contribution is -2.24. The topological polar surface area (TPSA) is 74.5 Å². The van der Waals surface area contributed by atoms with Gasteiger partial charge in [0.05, 0.1) is 25.3 Å². The molecular formula is C20H23N3O4. The molecule has 0 unspecified atom stereocenters. The van der Waals surface area contributed by atoms with Gasteiger partial charge in [-0.2, -0.15) is 0 Å². The Balaban J connectivity index is 1.76. The van der Waals surface area contributed by atoms with E-state index in [1.807, 2.05) is 37.3 Å². The molecule has 1 aromatic heterocycles. The summed E-state index contributed by atoms with van der Waals surface area (Å²) >= 11 is 0. The number of carbonyl (C=O) groups is 1. The molecule has 1 heterocycles. The second-order valence-electron chi connectivity index (χ2n) is 6.30. The lowest BCUT2D eigenvalue weighted by Gasteiger charge is -2.13. The monoisotopic (exact) mass is 369 g/mol. The first kappa shape index (κ1) is 18.6. The number of aromatic nitrogens is 2. The van der Waals surface area contributed by atoms with Gasteiger partial charge in [-0.15, -0.1) is 0 Å². The largest absolute Gasteiger partial charge is 0.493 e. The lowest BCUT2D eigenvalue weighted by atomic mass is 10.1. The van der Waals surface area contributed by atoms with E-state index in [0.29, 0.717) is 23.7 Å². The third-order valence-corrected chi connectivity index (χ3v) is 4.62. The Morgan fingerprint density at radius 2 is 1.70 bits per heavy atom. The number of hydrogen-bond donors (Lipinski definition) is 1. The Bertz CT molecular complexity index is 1050. The summed E-state index contributed by atoms with van der Waals surface area (Å²) in [6.45, 7) is 2.19. The van der Waals surface area contributed by atoms with E-state index in [1.54, 1.807) is 36.5 Å². The van der Waals surface area contributed by atoms with Crippen LogP contribution in [0.1, 0.15) is 12.0 Å². The number of amides is 1. The molecule has 0 atom stereocenters. The van der Waals surface area contributed by atoms with Crippen LogP contribution < -0.4 is 20.5 Å². The average molecular weight is 369 g/mol. The van der Waals surface area contributed by atoms with Gasteiger partial charge in [-0.3, -0.25) is 13.9 Å². The number of para-hydroxylation sites is 2. The van der Waals surface area contributed by atoms with Crippen LogP contribution in [0.25, 0.3) is 11.0 Å². The van der Waals surface area contributed by atoms with Gasteiger partial charge in [-0.05, 0) is 30.7 Å². The minimum absolute atomic E-state index is 0.133. The molecule has 1 amide bonds. The van der Waals surface area contributed by atoms with Crippen molar-refractivity contribution in [2.45, 2.75) is 19.9 Å². The molecule has 0 spiro atoms. The molecular weight excluding hydrogens is 346 g/mol. The van der Waals surface area contributed by atoms with Crippen molar-refractivity contribution in [2.75, 3.05) is 19.5 Å². The maximum atomic E-state index is 12.4. The van der Waals surface area contributed by atoms with Crippen molar-refractivity contribution in [3.05, 3.63) is 52.4 Å². The number of fused-ring (bicyclic) bond motifs is 1. The predicted octanol–water partition coefficient (Wildman–Crippen LogP) is 2.69. The minimum atomic E-state index is -0.176. The van der Waals surface area contributed by atoms with Crippen molar-refractivity contribution in [3.8, 4) is 11.5 Å². The standard InChI is InChI=1S/C20H23N3O4/c1-13-11-17(26-3)18(27-4)12-14(13)21-19(24)9-10-23-16-8-6-5-7-15(16)22(2)20(23)25/h5-8,11-12H,9-10H2,1-4H3,(H,21,24). The second-order valence-corrected chi connectivity index (χ2v) is 6.30. The Morgan fingerprint density at radius 3 is 2.37 bits per heavy atom. The third kappa shape index (κ3) is 3.53. The van der Waals surface area contributed by atoms with Crippen LogP contribution in [0.5, 0.6) is 11.5 Å². The molecule has 142 valence electrons. The van der Waals surface area contributed by atoms with Crippen molar-refractivity contribution >= 4 is 22.6 Å². The van der Waals surface area contributed by atoms with E-state index >= 15 is 0 Å². The fraction of sp³-hybridized carbons (Fsp3) is 0.300. The highest BCUT2D eigenvalue weighted by Crippen LogP contribution is 2.32. The highest BCUT2D eigenvalue weighted by molar-refractivity contribution is 5.92. The summed E-state index contributed by atoms with van der Waals surface area (Å²) in [5.41, 5.74) is 3.05. The van der Waals surface area contributed by atoms with E-state index in [0.717, 1.165) is 16.6 Å².